The third-order valence-electron chi connectivity index (χ3n) is 2.49. The minimum absolute atomic E-state index is 0.179. The molecule has 0 aliphatic carbocycles. The van der Waals surface area contributed by atoms with E-state index in [1.807, 2.05) is 0 Å². The molecule has 0 aromatic rings. The Labute approximate surface area is 80.8 Å². The van der Waals surface area contributed by atoms with E-state index in [1.54, 1.807) is 0 Å². The quantitative estimate of drug-likeness (QED) is 0.457. The van der Waals surface area contributed by atoms with Gasteiger partial charge in [-0.1, -0.05) is 0 Å². The average molecular weight is 203 g/mol. The maximum Gasteiger partial charge on any atom is 0.217 e. The second kappa shape index (κ2) is 3.47. The molecule has 14 heavy (non-hydrogen) atoms. The van der Waals surface area contributed by atoms with Gasteiger partial charge in [-0.3, -0.25) is 4.79 Å². The topological polar surface area (TPSA) is 88.0 Å². The van der Waals surface area contributed by atoms with Crippen LogP contribution in [0.5, 0.6) is 0 Å². The Morgan fingerprint density at radius 3 is 2.79 bits per heavy atom. The van der Waals surface area contributed by atoms with Crippen LogP contribution in [0.4, 0.5) is 0 Å². The standard InChI is InChI=1S/C8H13NO5/c1-3(10)9-5-7-6(14-8(5)12)4(11)2-13-7/h4-8,11-12H,2H2,1H3,(H,9,10)/t4-,5-,6-,7-,8?/m1/s1. The molecule has 1 amide bonds. The van der Waals surface area contributed by atoms with Gasteiger partial charge in [0.15, 0.2) is 6.29 Å². The molecule has 3 N–H and O–H groups in total. The lowest BCUT2D eigenvalue weighted by molar-refractivity contribution is -0.133. The van der Waals surface area contributed by atoms with Crippen molar-refractivity contribution in [2.75, 3.05) is 6.61 Å². The van der Waals surface area contributed by atoms with Crippen LogP contribution in [-0.4, -0.2) is 53.4 Å². The number of aliphatic hydroxyl groups is 2. The first kappa shape index (κ1) is 9.85. The van der Waals surface area contributed by atoms with Crippen LogP contribution in [0.25, 0.3) is 0 Å². The van der Waals surface area contributed by atoms with E-state index in [-0.39, 0.29) is 12.5 Å². The Kier molecular flexibility index (Phi) is 2.44. The van der Waals surface area contributed by atoms with E-state index in [1.165, 1.54) is 6.92 Å². The number of rotatable bonds is 1. The Bertz CT molecular complexity index is 246. The van der Waals surface area contributed by atoms with E-state index in [2.05, 4.69) is 5.32 Å². The Balaban J connectivity index is 2.07. The summed E-state index contributed by atoms with van der Waals surface area (Å²) in [5.74, 6) is -0.261. The predicted octanol–water partition coefficient (Wildman–Crippen LogP) is -2.03. The maximum absolute atomic E-state index is 10.8. The van der Waals surface area contributed by atoms with E-state index in [0.29, 0.717) is 0 Å². The molecule has 80 valence electrons. The average Bonchev–Trinajstić information content (AvgIpc) is 2.57. The van der Waals surface area contributed by atoms with E-state index >= 15 is 0 Å². The predicted molar refractivity (Wildman–Crippen MR) is 44.2 cm³/mol. The van der Waals surface area contributed by atoms with Crippen molar-refractivity contribution in [1.29, 1.82) is 0 Å². The molecule has 1 unspecified atom stereocenters. The van der Waals surface area contributed by atoms with Crippen molar-refractivity contribution in [2.24, 2.45) is 0 Å². The molecule has 0 spiro atoms. The van der Waals surface area contributed by atoms with Gasteiger partial charge >= 0.3 is 0 Å². The zero-order valence-corrected chi connectivity index (χ0v) is 7.71. The van der Waals surface area contributed by atoms with Crippen LogP contribution in [0, 0.1) is 0 Å². The summed E-state index contributed by atoms with van der Waals surface area (Å²) in [6.45, 7) is 1.53. The lowest BCUT2D eigenvalue weighted by Crippen LogP contribution is -2.46. The van der Waals surface area contributed by atoms with Crippen LogP contribution in [0.2, 0.25) is 0 Å². The highest BCUT2D eigenvalue weighted by Gasteiger charge is 2.52. The van der Waals surface area contributed by atoms with Crippen LogP contribution in [0.15, 0.2) is 0 Å². The normalized spacial score (nSPS) is 46.4. The fraction of sp³-hybridized carbons (Fsp3) is 0.875. The number of carbonyl (C=O) groups is 1. The van der Waals surface area contributed by atoms with E-state index in [0.717, 1.165) is 0 Å². The van der Waals surface area contributed by atoms with Crippen molar-refractivity contribution >= 4 is 5.91 Å². The highest BCUT2D eigenvalue weighted by atomic mass is 16.7. The van der Waals surface area contributed by atoms with Gasteiger partial charge in [0.25, 0.3) is 0 Å². The Morgan fingerprint density at radius 1 is 1.43 bits per heavy atom. The molecular weight excluding hydrogens is 190 g/mol. The molecule has 6 nitrogen and oxygen atoms in total. The molecule has 2 aliphatic rings. The summed E-state index contributed by atoms with van der Waals surface area (Å²) in [6, 6.07) is -0.588. The Hall–Kier alpha value is -0.690. The molecule has 2 aliphatic heterocycles. The summed E-state index contributed by atoms with van der Waals surface area (Å²) in [5.41, 5.74) is 0. The molecular formula is C8H13NO5. The molecule has 0 aromatic heterocycles. The number of fused-ring (bicyclic) bond motifs is 1. The number of ether oxygens (including phenoxy) is 2. The number of hydrogen-bond acceptors (Lipinski definition) is 5. The molecule has 2 heterocycles. The third kappa shape index (κ3) is 1.50. The van der Waals surface area contributed by atoms with Crippen molar-refractivity contribution < 1.29 is 24.5 Å². The van der Waals surface area contributed by atoms with Gasteiger partial charge in [0, 0.05) is 6.92 Å². The molecule has 5 atom stereocenters. The molecule has 2 fully saturated rings. The molecule has 2 saturated heterocycles. The molecule has 0 radical (unpaired) electrons. The number of nitrogens with one attached hydrogen (secondary N) is 1. The summed E-state index contributed by atoms with van der Waals surface area (Å²) >= 11 is 0. The van der Waals surface area contributed by atoms with E-state index < -0.39 is 30.6 Å². The van der Waals surface area contributed by atoms with E-state index in [9.17, 15) is 15.0 Å². The zero-order chi connectivity index (χ0) is 10.3. The molecule has 6 heteroatoms. The first-order valence-corrected chi connectivity index (χ1v) is 4.50. The lowest BCUT2D eigenvalue weighted by atomic mass is 10.1. The minimum atomic E-state index is -1.11. The highest BCUT2D eigenvalue weighted by molar-refractivity contribution is 5.73. The van der Waals surface area contributed by atoms with Crippen LogP contribution in [0.3, 0.4) is 0 Å². The second-order valence-corrected chi connectivity index (χ2v) is 3.58. The van der Waals surface area contributed by atoms with Crippen LogP contribution < -0.4 is 5.32 Å². The first-order chi connectivity index (χ1) is 6.59. The largest absolute Gasteiger partial charge is 0.388 e. The van der Waals surface area contributed by atoms with Crippen LogP contribution in [-0.2, 0) is 14.3 Å². The van der Waals surface area contributed by atoms with Crippen molar-refractivity contribution in [3.05, 3.63) is 0 Å². The number of aliphatic hydroxyl groups excluding tert-OH is 2. The van der Waals surface area contributed by atoms with Crippen LogP contribution in [0.1, 0.15) is 6.92 Å². The number of amides is 1. The van der Waals surface area contributed by atoms with Gasteiger partial charge in [0.1, 0.15) is 24.4 Å². The van der Waals surface area contributed by atoms with Gasteiger partial charge in [-0.05, 0) is 0 Å². The van der Waals surface area contributed by atoms with Gasteiger partial charge in [0.2, 0.25) is 5.91 Å². The first-order valence-electron chi connectivity index (χ1n) is 4.50. The van der Waals surface area contributed by atoms with Crippen molar-refractivity contribution in [3.8, 4) is 0 Å². The summed E-state index contributed by atoms with van der Waals surface area (Å²) < 4.78 is 10.3. The number of carbonyl (C=O) groups excluding carboxylic acids is 1. The third-order valence-corrected chi connectivity index (χ3v) is 2.49. The molecule has 2 rings (SSSR count). The monoisotopic (exact) mass is 203 g/mol. The highest BCUT2D eigenvalue weighted by Crippen LogP contribution is 2.30. The van der Waals surface area contributed by atoms with Gasteiger partial charge in [-0.15, -0.1) is 0 Å². The molecule has 0 aromatic carbocycles. The zero-order valence-electron chi connectivity index (χ0n) is 7.71. The van der Waals surface area contributed by atoms with Gasteiger partial charge in [-0.2, -0.15) is 0 Å². The maximum atomic E-state index is 10.8. The number of hydrogen-bond donors (Lipinski definition) is 3. The minimum Gasteiger partial charge on any atom is -0.388 e. The van der Waals surface area contributed by atoms with E-state index in [4.69, 9.17) is 9.47 Å². The SMILES string of the molecule is CC(=O)N[C@H]1C(O)O[C@H]2[C@@H]1OC[C@H]2O. The van der Waals surface area contributed by atoms with Crippen molar-refractivity contribution in [2.45, 2.75) is 37.6 Å². The van der Waals surface area contributed by atoms with Gasteiger partial charge in [-0.25, -0.2) is 0 Å². The van der Waals surface area contributed by atoms with Crippen LogP contribution >= 0.6 is 0 Å². The van der Waals surface area contributed by atoms with Crippen molar-refractivity contribution in [1.82, 2.24) is 5.32 Å². The molecule has 0 bridgehead atoms. The Morgan fingerprint density at radius 2 is 2.14 bits per heavy atom. The van der Waals surface area contributed by atoms with Gasteiger partial charge < -0.3 is 25.0 Å². The molecule has 0 saturated carbocycles. The summed E-state index contributed by atoms with van der Waals surface area (Å²) in [5, 5.41) is 21.4. The summed E-state index contributed by atoms with van der Waals surface area (Å²) in [7, 11) is 0. The smallest absolute Gasteiger partial charge is 0.217 e. The van der Waals surface area contributed by atoms with Gasteiger partial charge in [0.05, 0.1) is 6.61 Å². The summed E-state index contributed by atoms with van der Waals surface area (Å²) in [6.07, 6.45) is -2.83. The lowest BCUT2D eigenvalue weighted by Gasteiger charge is -2.18. The fourth-order valence-corrected chi connectivity index (χ4v) is 1.89. The summed E-state index contributed by atoms with van der Waals surface area (Å²) in [4.78, 5) is 10.8. The van der Waals surface area contributed by atoms with Crippen molar-refractivity contribution in [3.63, 3.8) is 0 Å². The fourth-order valence-electron chi connectivity index (χ4n) is 1.89. The second-order valence-electron chi connectivity index (χ2n) is 3.58.